The monoisotopic (exact) mass is 163 g/mol. The van der Waals surface area contributed by atoms with Crippen LogP contribution in [0.25, 0.3) is 0 Å². The van der Waals surface area contributed by atoms with Gasteiger partial charge in [0, 0.05) is 12.6 Å². The van der Waals surface area contributed by atoms with Crippen LogP contribution in [0.2, 0.25) is 0 Å². The van der Waals surface area contributed by atoms with Gasteiger partial charge in [-0.05, 0) is 12.5 Å². The van der Waals surface area contributed by atoms with Gasteiger partial charge in [-0.2, -0.15) is 0 Å². The number of carbonyl (C=O) groups excluding carboxylic acids is 1. The third kappa shape index (κ3) is 1.18. The number of ketones is 1. The van der Waals surface area contributed by atoms with Gasteiger partial charge in [0.05, 0.1) is 18.4 Å². The fourth-order valence-electron chi connectivity index (χ4n) is 1.27. The third-order valence-corrected chi connectivity index (χ3v) is 1.89. The maximum absolute atomic E-state index is 11.4. The number of fused-ring (bicyclic) bond motifs is 1. The molecule has 0 atom stereocenters. The second kappa shape index (κ2) is 2.93. The number of ether oxygens (including phenoxy) is 1. The van der Waals surface area contributed by atoms with Crippen LogP contribution in [0.4, 0.5) is 0 Å². The quantitative estimate of drug-likeness (QED) is 0.580. The van der Waals surface area contributed by atoms with Crippen molar-refractivity contribution < 1.29 is 9.53 Å². The maximum Gasteiger partial charge on any atom is 0.166 e. The van der Waals surface area contributed by atoms with Crippen molar-refractivity contribution in [3.05, 3.63) is 24.0 Å². The lowest BCUT2D eigenvalue weighted by atomic mass is 10.1. The molecule has 12 heavy (non-hydrogen) atoms. The Bertz CT molecular complexity index is 309. The fourth-order valence-corrected chi connectivity index (χ4v) is 1.27. The summed E-state index contributed by atoms with van der Waals surface area (Å²) in [6.07, 6.45) is 4.59. The first-order chi connectivity index (χ1) is 5.88. The molecule has 0 unspecified atom stereocenters. The Morgan fingerprint density at radius 3 is 3.33 bits per heavy atom. The average Bonchev–Trinajstić information content (AvgIpc) is 2.29. The van der Waals surface area contributed by atoms with Crippen molar-refractivity contribution >= 4 is 5.78 Å². The van der Waals surface area contributed by atoms with Crippen molar-refractivity contribution in [1.82, 2.24) is 4.98 Å². The van der Waals surface area contributed by atoms with Gasteiger partial charge in [0.1, 0.15) is 5.75 Å². The Hall–Kier alpha value is -1.38. The molecular weight excluding hydrogens is 154 g/mol. The fraction of sp³-hybridized carbons (Fsp3) is 0.333. The summed E-state index contributed by atoms with van der Waals surface area (Å²) in [6.45, 7) is 0.616. The first-order valence-electron chi connectivity index (χ1n) is 3.98. The van der Waals surface area contributed by atoms with Crippen molar-refractivity contribution in [2.24, 2.45) is 0 Å². The Morgan fingerprint density at radius 2 is 2.42 bits per heavy atom. The van der Waals surface area contributed by atoms with Crippen molar-refractivity contribution in [3.8, 4) is 5.75 Å². The second-order valence-corrected chi connectivity index (χ2v) is 2.75. The van der Waals surface area contributed by atoms with E-state index >= 15 is 0 Å². The van der Waals surface area contributed by atoms with Crippen LogP contribution in [-0.4, -0.2) is 17.4 Å². The summed E-state index contributed by atoms with van der Waals surface area (Å²) >= 11 is 0. The molecular formula is C9H9NO2. The van der Waals surface area contributed by atoms with E-state index in [1.54, 1.807) is 18.5 Å². The molecule has 0 saturated carbocycles. The van der Waals surface area contributed by atoms with Crippen LogP contribution >= 0.6 is 0 Å². The Morgan fingerprint density at radius 1 is 1.50 bits per heavy atom. The van der Waals surface area contributed by atoms with Gasteiger partial charge < -0.3 is 4.74 Å². The van der Waals surface area contributed by atoms with Gasteiger partial charge in [-0.3, -0.25) is 9.78 Å². The van der Waals surface area contributed by atoms with Gasteiger partial charge in [-0.15, -0.1) is 0 Å². The van der Waals surface area contributed by atoms with Crippen molar-refractivity contribution in [3.63, 3.8) is 0 Å². The molecule has 1 aromatic rings. The zero-order valence-corrected chi connectivity index (χ0v) is 6.62. The highest BCUT2D eigenvalue weighted by Crippen LogP contribution is 2.21. The molecule has 2 heterocycles. The highest BCUT2D eigenvalue weighted by atomic mass is 16.5. The molecule has 0 bridgehead atoms. The Labute approximate surface area is 70.4 Å². The first kappa shape index (κ1) is 7.28. The number of hydrogen-bond acceptors (Lipinski definition) is 3. The lowest BCUT2D eigenvalue weighted by Gasteiger charge is -2.02. The van der Waals surface area contributed by atoms with Gasteiger partial charge in [0.15, 0.2) is 5.78 Å². The average molecular weight is 163 g/mol. The molecule has 3 heteroatoms. The molecule has 62 valence electrons. The zero-order valence-electron chi connectivity index (χ0n) is 6.62. The number of aromatic nitrogens is 1. The Kier molecular flexibility index (Phi) is 1.78. The van der Waals surface area contributed by atoms with Gasteiger partial charge in [0.25, 0.3) is 0 Å². The Balaban J connectivity index is 2.46. The van der Waals surface area contributed by atoms with Gasteiger partial charge in [-0.25, -0.2) is 0 Å². The minimum atomic E-state index is 0.157. The van der Waals surface area contributed by atoms with Gasteiger partial charge >= 0.3 is 0 Å². The van der Waals surface area contributed by atoms with E-state index in [4.69, 9.17) is 4.74 Å². The van der Waals surface area contributed by atoms with Crippen LogP contribution < -0.4 is 4.74 Å². The van der Waals surface area contributed by atoms with E-state index in [2.05, 4.69) is 4.98 Å². The molecule has 1 aliphatic rings. The largest absolute Gasteiger partial charge is 0.491 e. The molecule has 0 fully saturated rings. The lowest BCUT2D eigenvalue weighted by molar-refractivity contribution is 0.0983. The molecule has 0 amide bonds. The predicted octanol–water partition coefficient (Wildman–Crippen LogP) is 1.44. The normalized spacial score (nSPS) is 16.2. The standard InChI is InChI=1S/C9H9NO2/c11-8-2-1-5-12-9-6-10-4-3-7(8)9/h3-4,6H,1-2,5H2. The topological polar surface area (TPSA) is 39.2 Å². The zero-order chi connectivity index (χ0) is 8.39. The van der Waals surface area contributed by atoms with Crippen LogP contribution in [-0.2, 0) is 0 Å². The highest BCUT2D eigenvalue weighted by molar-refractivity contribution is 5.98. The minimum absolute atomic E-state index is 0.157. The van der Waals surface area contributed by atoms with Crippen molar-refractivity contribution in [1.29, 1.82) is 0 Å². The predicted molar refractivity (Wildman–Crippen MR) is 43.3 cm³/mol. The third-order valence-electron chi connectivity index (χ3n) is 1.89. The second-order valence-electron chi connectivity index (χ2n) is 2.75. The summed E-state index contributed by atoms with van der Waals surface area (Å²) in [5, 5.41) is 0. The summed E-state index contributed by atoms with van der Waals surface area (Å²) in [7, 11) is 0. The highest BCUT2D eigenvalue weighted by Gasteiger charge is 2.15. The minimum Gasteiger partial charge on any atom is -0.491 e. The van der Waals surface area contributed by atoms with Crippen LogP contribution in [0.3, 0.4) is 0 Å². The van der Waals surface area contributed by atoms with Crippen LogP contribution in [0.1, 0.15) is 23.2 Å². The van der Waals surface area contributed by atoms with E-state index in [9.17, 15) is 4.79 Å². The summed E-state index contributed by atoms with van der Waals surface area (Å²) in [5.74, 6) is 0.782. The number of hydrogen-bond donors (Lipinski definition) is 0. The number of pyridine rings is 1. The molecule has 0 N–H and O–H groups in total. The summed E-state index contributed by atoms with van der Waals surface area (Å²) < 4.78 is 5.34. The molecule has 2 rings (SSSR count). The summed E-state index contributed by atoms with van der Waals surface area (Å²) in [6, 6.07) is 1.71. The molecule has 0 aromatic carbocycles. The van der Waals surface area contributed by atoms with E-state index in [0.717, 1.165) is 6.42 Å². The van der Waals surface area contributed by atoms with Gasteiger partial charge in [-0.1, -0.05) is 0 Å². The first-order valence-corrected chi connectivity index (χ1v) is 3.98. The van der Waals surface area contributed by atoms with Crippen molar-refractivity contribution in [2.45, 2.75) is 12.8 Å². The number of Topliss-reactive ketones (excluding diaryl/α,β-unsaturated/α-hetero) is 1. The SMILES string of the molecule is O=C1CCCOc2cnccc21. The number of rotatable bonds is 0. The smallest absolute Gasteiger partial charge is 0.166 e. The van der Waals surface area contributed by atoms with Crippen LogP contribution in [0.15, 0.2) is 18.5 Å². The summed E-state index contributed by atoms with van der Waals surface area (Å²) in [4.78, 5) is 15.3. The van der Waals surface area contributed by atoms with E-state index in [1.165, 1.54) is 0 Å². The van der Waals surface area contributed by atoms with E-state index in [-0.39, 0.29) is 5.78 Å². The van der Waals surface area contributed by atoms with Gasteiger partial charge in [0.2, 0.25) is 0 Å². The van der Waals surface area contributed by atoms with Crippen LogP contribution in [0.5, 0.6) is 5.75 Å². The number of carbonyl (C=O) groups is 1. The molecule has 0 radical (unpaired) electrons. The molecule has 1 aliphatic heterocycles. The van der Waals surface area contributed by atoms with Crippen LogP contribution in [0, 0.1) is 0 Å². The lowest BCUT2D eigenvalue weighted by Crippen LogP contribution is -1.97. The van der Waals surface area contributed by atoms with E-state index in [0.29, 0.717) is 24.3 Å². The molecule has 0 spiro atoms. The molecule has 1 aromatic heterocycles. The number of nitrogens with zero attached hydrogens (tertiary/aromatic N) is 1. The van der Waals surface area contributed by atoms with E-state index in [1.807, 2.05) is 0 Å². The van der Waals surface area contributed by atoms with Crippen molar-refractivity contribution in [2.75, 3.05) is 6.61 Å². The molecule has 0 saturated heterocycles. The van der Waals surface area contributed by atoms with E-state index < -0.39 is 0 Å². The molecule has 3 nitrogen and oxygen atoms in total. The maximum atomic E-state index is 11.4. The summed E-state index contributed by atoms with van der Waals surface area (Å²) in [5.41, 5.74) is 0.669. The molecule has 0 aliphatic carbocycles.